The van der Waals surface area contributed by atoms with Gasteiger partial charge in [-0.05, 0) is 19.4 Å². The Morgan fingerprint density at radius 2 is 2.22 bits per heavy atom. The van der Waals surface area contributed by atoms with Gasteiger partial charge in [-0.2, -0.15) is 16.9 Å². The summed E-state index contributed by atoms with van der Waals surface area (Å²) in [6, 6.07) is 0.454. The first-order chi connectivity index (χ1) is 8.79. The molecule has 1 unspecified atom stereocenters. The van der Waals surface area contributed by atoms with E-state index < -0.39 is 0 Å². The van der Waals surface area contributed by atoms with Gasteiger partial charge in [0.25, 0.3) is 0 Å². The predicted octanol–water partition coefficient (Wildman–Crippen LogP) is 3.14. The molecule has 1 N–H and O–H groups in total. The third-order valence-electron chi connectivity index (χ3n) is 3.63. The first kappa shape index (κ1) is 13.9. The number of aromatic nitrogens is 2. The largest absolute Gasteiger partial charge is 0.309 e. The molecule has 18 heavy (non-hydrogen) atoms. The van der Waals surface area contributed by atoms with Crippen LogP contribution in [0.1, 0.15) is 50.6 Å². The van der Waals surface area contributed by atoms with Gasteiger partial charge in [0.05, 0.1) is 6.20 Å². The van der Waals surface area contributed by atoms with E-state index in [1.165, 1.54) is 43.4 Å². The fourth-order valence-electron chi connectivity index (χ4n) is 2.60. The van der Waals surface area contributed by atoms with E-state index in [0.717, 1.165) is 11.8 Å². The van der Waals surface area contributed by atoms with Crippen LogP contribution < -0.4 is 5.32 Å². The zero-order valence-electron chi connectivity index (χ0n) is 11.6. The van der Waals surface area contributed by atoms with Crippen LogP contribution in [0.25, 0.3) is 0 Å². The highest BCUT2D eigenvalue weighted by Crippen LogP contribution is 2.30. The summed E-state index contributed by atoms with van der Waals surface area (Å²) in [6.07, 6.45) is 11.2. The minimum Gasteiger partial charge on any atom is -0.309 e. The Kier molecular flexibility index (Phi) is 5.57. The molecule has 1 aromatic rings. The first-order valence-corrected chi connectivity index (χ1v) is 8.18. The van der Waals surface area contributed by atoms with Crippen LogP contribution >= 0.6 is 11.8 Å². The molecule has 1 aromatic heterocycles. The minimum atomic E-state index is 0.454. The van der Waals surface area contributed by atoms with Crippen LogP contribution in [0.4, 0.5) is 0 Å². The van der Waals surface area contributed by atoms with Crippen molar-refractivity contribution in [2.24, 2.45) is 7.05 Å². The molecule has 0 saturated heterocycles. The summed E-state index contributed by atoms with van der Waals surface area (Å²) < 4.78 is 1.89. The molecule has 3 nitrogen and oxygen atoms in total. The third-order valence-corrected chi connectivity index (χ3v) is 5.10. The predicted molar refractivity (Wildman–Crippen MR) is 79.0 cm³/mol. The second kappa shape index (κ2) is 7.19. The average molecular weight is 267 g/mol. The van der Waals surface area contributed by atoms with Gasteiger partial charge in [-0.15, -0.1) is 0 Å². The topological polar surface area (TPSA) is 29.9 Å². The first-order valence-electron chi connectivity index (χ1n) is 7.13. The van der Waals surface area contributed by atoms with E-state index in [1.54, 1.807) is 0 Å². The van der Waals surface area contributed by atoms with Crippen molar-refractivity contribution in [3.63, 3.8) is 0 Å². The van der Waals surface area contributed by atoms with Crippen LogP contribution in [0.2, 0.25) is 0 Å². The quantitative estimate of drug-likeness (QED) is 0.859. The SMILES string of the molecule is CCNC(CSC1CCCCC1)c1cnn(C)c1. The normalized spacial score (nSPS) is 19.0. The fraction of sp³-hybridized carbons (Fsp3) is 0.786. The van der Waals surface area contributed by atoms with Gasteiger partial charge < -0.3 is 5.32 Å². The highest BCUT2D eigenvalue weighted by atomic mass is 32.2. The maximum Gasteiger partial charge on any atom is 0.0537 e. The van der Waals surface area contributed by atoms with Crippen molar-refractivity contribution in [3.05, 3.63) is 18.0 Å². The number of nitrogens with zero attached hydrogens (tertiary/aromatic N) is 2. The van der Waals surface area contributed by atoms with Gasteiger partial charge >= 0.3 is 0 Å². The second-order valence-electron chi connectivity index (χ2n) is 5.15. The monoisotopic (exact) mass is 267 g/mol. The molecule has 0 amide bonds. The summed E-state index contributed by atoms with van der Waals surface area (Å²) in [5, 5.41) is 8.75. The van der Waals surface area contributed by atoms with Crippen molar-refractivity contribution >= 4 is 11.8 Å². The summed E-state index contributed by atoms with van der Waals surface area (Å²) >= 11 is 2.15. The molecule has 1 atom stereocenters. The van der Waals surface area contributed by atoms with Crippen LogP contribution in [-0.2, 0) is 7.05 Å². The van der Waals surface area contributed by atoms with Crippen molar-refractivity contribution in [3.8, 4) is 0 Å². The highest BCUT2D eigenvalue weighted by Gasteiger charge is 2.18. The minimum absolute atomic E-state index is 0.454. The average Bonchev–Trinajstić information content (AvgIpc) is 2.82. The van der Waals surface area contributed by atoms with E-state index in [0.29, 0.717) is 6.04 Å². The second-order valence-corrected chi connectivity index (χ2v) is 6.48. The molecule has 1 aliphatic rings. The molecule has 0 radical (unpaired) electrons. The summed E-state index contributed by atoms with van der Waals surface area (Å²) in [6.45, 7) is 3.19. The molecule has 2 rings (SSSR count). The Balaban J connectivity index is 1.85. The lowest BCUT2D eigenvalue weighted by atomic mass is 10.0. The van der Waals surface area contributed by atoms with Gasteiger partial charge in [-0.3, -0.25) is 4.68 Å². The van der Waals surface area contributed by atoms with E-state index in [2.05, 4.69) is 35.3 Å². The molecule has 1 heterocycles. The van der Waals surface area contributed by atoms with Crippen LogP contribution in [0.3, 0.4) is 0 Å². The molecule has 1 aliphatic carbocycles. The van der Waals surface area contributed by atoms with Crippen LogP contribution in [0.5, 0.6) is 0 Å². The van der Waals surface area contributed by atoms with Gasteiger partial charge in [0.2, 0.25) is 0 Å². The van der Waals surface area contributed by atoms with E-state index >= 15 is 0 Å². The standard InChI is InChI=1S/C14H25N3S/c1-3-15-14(12-9-16-17(2)10-12)11-18-13-7-5-4-6-8-13/h9-10,13-15H,3-8,11H2,1-2H3. The lowest BCUT2D eigenvalue weighted by molar-refractivity contribution is 0.514. The number of hydrogen-bond donors (Lipinski definition) is 1. The van der Waals surface area contributed by atoms with Gasteiger partial charge in [0.1, 0.15) is 0 Å². The van der Waals surface area contributed by atoms with Gasteiger partial charge in [-0.1, -0.05) is 26.2 Å². The van der Waals surface area contributed by atoms with E-state index in [-0.39, 0.29) is 0 Å². The molecular weight excluding hydrogens is 242 g/mol. The Morgan fingerprint density at radius 3 is 2.83 bits per heavy atom. The van der Waals surface area contributed by atoms with Gasteiger partial charge in [0.15, 0.2) is 0 Å². The highest BCUT2D eigenvalue weighted by molar-refractivity contribution is 7.99. The number of aryl methyl sites for hydroxylation is 1. The summed E-state index contributed by atoms with van der Waals surface area (Å²) in [5.41, 5.74) is 1.32. The molecule has 1 fully saturated rings. The summed E-state index contributed by atoms with van der Waals surface area (Å²) in [5.74, 6) is 1.17. The summed E-state index contributed by atoms with van der Waals surface area (Å²) in [7, 11) is 1.99. The third kappa shape index (κ3) is 4.02. The van der Waals surface area contributed by atoms with Crippen molar-refractivity contribution in [1.82, 2.24) is 15.1 Å². The zero-order valence-corrected chi connectivity index (χ0v) is 12.4. The maximum atomic E-state index is 4.28. The molecule has 0 bridgehead atoms. The fourth-order valence-corrected chi connectivity index (χ4v) is 4.05. The molecule has 4 heteroatoms. The van der Waals surface area contributed by atoms with Gasteiger partial charge in [-0.25, -0.2) is 0 Å². The zero-order chi connectivity index (χ0) is 12.8. The van der Waals surface area contributed by atoms with E-state index in [1.807, 2.05) is 17.9 Å². The smallest absolute Gasteiger partial charge is 0.0537 e. The van der Waals surface area contributed by atoms with Crippen molar-refractivity contribution in [2.45, 2.75) is 50.3 Å². The van der Waals surface area contributed by atoms with Crippen LogP contribution in [0, 0.1) is 0 Å². The molecular formula is C14H25N3S. The van der Waals surface area contributed by atoms with E-state index in [4.69, 9.17) is 0 Å². The summed E-state index contributed by atoms with van der Waals surface area (Å²) in [4.78, 5) is 0. The van der Waals surface area contributed by atoms with Crippen molar-refractivity contribution < 1.29 is 0 Å². The Bertz CT molecular complexity index is 345. The lowest BCUT2D eigenvalue weighted by Crippen LogP contribution is -2.24. The number of hydrogen-bond acceptors (Lipinski definition) is 3. The maximum absolute atomic E-state index is 4.28. The van der Waals surface area contributed by atoms with Crippen molar-refractivity contribution in [1.29, 1.82) is 0 Å². The molecule has 0 aliphatic heterocycles. The molecule has 102 valence electrons. The number of nitrogens with one attached hydrogen (secondary N) is 1. The van der Waals surface area contributed by atoms with Crippen LogP contribution in [0.15, 0.2) is 12.4 Å². The van der Waals surface area contributed by atoms with Crippen LogP contribution in [-0.4, -0.2) is 27.3 Å². The lowest BCUT2D eigenvalue weighted by Gasteiger charge is -2.24. The van der Waals surface area contributed by atoms with Gasteiger partial charge in [0, 0.05) is 35.9 Å². The Morgan fingerprint density at radius 1 is 1.44 bits per heavy atom. The molecule has 1 saturated carbocycles. The Labute approximate surface area is 115 Å². The Hall–Kier alpha value is -0.480. The van der Waals surface area contributed by atoms with E-state index in [9.17, 15) is 0 Å². The molecule has 0 spiro atoms. The number of thioether (sulfide) groups is 1. The van der Waals surface area contributed by atoms with Crippen molar-refractivity contribution in [2.75, 3.05) is 12.3 Å². The molecule has 0 aromatic carbocycles. The number of rotatable bonds is 6.